The summed E-state index contributed by atoms with van der Waals surface area (Å²) in [5.74, 6) is 0.515. The molecule has 1 aromatic carbocycles. The van der Waals surface area contributed by atoms with Crippen LogP contribution in [0.4, 0.5) is 10.5 Å². The van der Waals surface area contributed by atoms with Gasteiger partial charge < -0.3 is 16.4 Å². The summed E-state index contributed by atoms with van der Waals surface area (Å²) in [6.07, 6.45) is 4.79. The molecule has 0 heterocycles. The topological polar surface area (TPSA) is 67.1 Å². The highest BCUT2D eigenvalue weighted by Gasteiger charge is 2.25. The molecule has 1 atom stereocenters. The fourth-order valence-corrected chi connectivity index (χ4v) is 2.72. The highest BCUT2D eigenvalue weighted by Crippen LogP contribution is 2.27. The third-order valence-corrected chi connectivity index (χ3v) is 3.89. The lowest BCUT2D eigenvalue weighted by atomic mass is 9.98. The van der Waals surface area contributed by atoms with Crippen molar-refractivity contribution in [3.8, 4) is 0 Å². The van der Waals surface area contributed by atoms with Crippen LogP contribution in [0.1, 0.15) is 25.7 Å². The van der Waals surface area contributed by atoms with E-state index < -0.39 is 0 Å². The fourth-order valence-electron chi connectivity index (χ4n) is 2.60. The van der Waals surface area contributed by atoms with E-state index in [2.05, 4.69) is 10.6 Å². The van der Waals surface area contributed by atoms with Crippen LogP contribution in [-0.2, 0) is 0 Å². The van der Waals surface area contributed by atoms with Crippen molar-refractivity contribution >= 4 is 23.3 Å². The number of anilines is 1. The number of hydrogen-bond acceptors (Lipinski definition) is 2. The summed E-state index contributed by atoms with van der Waals surface area (Å²) < 4.78 is 0. The van der Waals surface area contributed by atoms with Gasteiger partial charge in [0.15, 0.2) is 0 Å². The minimum Gasteiger partial charge on any atom is -0.334 e. The normalized spacial score (nSPS) is 17.2. The lowest BCUT2D eigenvalue weighted by Gasteiger charge is -2.23. The molecule has 1 aliphatic carbocycles. The van der Waals surface area contributed by atoms with Gasteiger partial charge in [-0.2, -0.15) is 0 Å². The van der Waals surface area contributed by atoms with E-state index in [4.69, 9.17) is 17.3 Å². The molecule has 1 fully saturated rings. The minimum absolute atomic E-state index is 0.0646. The molecule has 104 valence electrons. The minimum atomic E-state index is -0.204. The Hall–Kier alpha value is -1.26. The van der Waals surface area contributed by atoms with Gasteiger partial charge in [-0.1, -0.05) is 24.4 Å². The molecule has 1 saturated carbocycles. The number of halogens is 1. The van der Waals surface area contributed by atoms with Gasteiger partial charge in [-0.3, -0.25) is 0 Å². The van der Waals surface area contributed by atoms with Crippen molar-refractivity contribution in [2.24, 2.45) is 11.7 Å². The number of urea groups is 1. The Bertz CT molecular complexity index is 415. The summed E-state index contributed by atoms with van der Waals surface area (Å²) in [7, 11) is 0. The number of carbonyl (C=O) groups excluding carboxylic acids is 1. The molecule has 4 N–H and O–H groups in total. The van der Waals surface area contributed by atoms with Crippen molar-refractivity contribution in [3.05, 3.63) is 29.3 Å². The monoisotopic (exact) mass is 281 g/mol. The molecule has 0 saturated heterocycles. The van der Waals surface area contributed by atoms with E-state index in [0.717, 1.165) is 18.5 Å². The first kappa shape index (κ1) is 14.2. The summed E-state index contributed by atoms with van der Waals surface area (Å²) in [6, 6.07) is 6.90. The summed E-state index contributed by atoms with van der Waals surface area (Å²) in [5, 5.41) is 6.41. The maximum absolute atomic E-state index is 11.9. The fraction of sp³-hybridized carbons (Fsp3) is 0.500. The van der Waals surface area contributed by atoms with Crippen LogP contribution in [0.15, 0.2) is 24.3 Å². The molecule has 0 aromatic heterocycles. The molecule has 0 bridgehead atoms. The lowest BCUT2D eigenvalue weighted by molar-refractivity contribution is 0.243. The molecular formula is C14H20ClN3O. The smallest absolute Gasteiger partial charge is 0.319 e. The zero-order valence-electron chi connectivity index (χ0n) is 10.9. The van der Waals surface area contributed by atoms with E-state index in [-0.39, 0.29) is 12.1 Å². The highest BCUT2D eigenvalue weighted by molar-refractivity contribution is 6.30. The predicted molar refractivity (Wildman–Crippen MR) is 78.4 cm³/mol. The van der Waals surface area contributed by atoms with Gasteiger partial charge in [-0.25, -0.2) is 4.79 Å². The third kappa shape index (κ3) is 4.11. The zero-order chi connectivity index (χ0) is 13.7. The average molecular weight is 282 g/mol. The van der Waals surface area contributed by atoms with E-state index in [1.165, 1.54) is 12.8 Å². The van der Waals surface area contributed by atoms with Crippen LogP contribution < -0.4 is 16.4 Å². The first-order valence-electron chi connectivity index (χ1n) is 6.72. The summed E-state index contributed by atoms with van der Waals surface area (Å²) in [5.41, 5.74) is 6.48. The quantitative estimate of drug-likeness (QED) is 0.794. The number of nitrogens with one attached hydrogen (secondary N) is 2. The van der Waals surface area contributed by atoms with Gasteiger partial charge in [0.1, 0.15) is 0 Å². The van der Waals surface area contributed by atoms with Crippen LogP contribution in [0.25, 0.3) is 0 Å². The first-order valence-corrected chi connectivity index (χ1v) is 7.10. The second-order valence-electron chi connectivity index (χ2n) is 4.99. The number of rotatable bonds is 4. The second-order valence-corrected chi connectivity index (χ2v) is 5.43. The highest BCUT2D eigenvalue weighted by atomic mass is 35.5. The van der Waals surface area contributed by atoms with Gasteiger partial charge in [0.25, 0.3) is 0 Å². The Labute approximate surface area is 118 Å². The van der Waals surface area contributed by atoms with Crippen molar-refractivity contribution in [2.45, 2.75) is 31.7 Å². The van der Waals surface area contributed by atoms with Crippen molar-refractivity contribution in [1.82, 2.24) is 5.32 Å². The van der Waals surface area contributed by atoms with E-state index in [1.54, 1.807) is 24.3 Å². The zero-order valence-corrected chi connectivity index (χ0v) is 11.6. The van der Waals surface area contributed by atoms with Crippen LogP contribution in [0.5, 0.6) is 0 Å². The van der Waals surface area contributed by atoms with Gasteiger partial charge in [-0.05, 0) is 43.0 Å². The van der Waals surface area contributed by atoms with Gasteiger partial charge in [0.05, 0.1) is 0 Å². The molecule has 2 amide bonds. The van der Waals surface area contributed by atoms with Gasteiger partial charge in [0.2, 0.25) is 0 Å². The molecule has 19 heavy (non-hydrogen) atoms. The second kappa shape index (κ2) is 6.78. The number of nitrogens with two attached hydrogens (primary N) is 1. The molecular weight excluding hydrogens is 262 g/mol. The Morgan fingerprint density at radius 2 is 1.95 bits per heavy atom. The molecule has 0 spiro atoms. The Morgan fingerprint density at radius 1 is 1.32 bits per heavy atom. The molecule has 0 radical (unpaired) electrons. The molecule has 0 aliphatic heterocycles. The predicted octanol–water partition coefficient (Wildman–Crippen LogP) is 2.98. The van der Waals surface area contributed by atoms with E-state index in [9.17, 15) is 4.79 Å². The lowest BCUT2D eigenvalue weighted by Crippen LogP contribution is -2.46. The van der Waals surface area contributed by atoms with E-state index >= 15 is 0 Å². The number of amides is 2. The molecule has 4 nitrogen and oxygen atoms in total. The summed E-state index contributed by atoms with van der Waals surface area (Å²) >= 11 is 5.80. The average Bonchev–Trinajstić information content (AvgIpc) is 2.92. The summed E-state index contributed by atoms with van der Waals surface area (Å²) in [6.45, 7) is 0.485. The molecule has 5 heteroatoms. The Kier molecular flexibility index (Phi) is 5.05. The first-order chi connectivity index (χ1) is 9.19. The van der Waals surface area contributed by atoms with Crippen LogP contribution in [0.3, 0.4) is 0 Å². The van der Waals surface area contributed by atoms with Crippen molar-refractivity contribution in [3.63, 3.8) is 0 Å². The van der Waals surface area contributed by atoms with Crippen LogP contribution >= 0.6 is 11.6 Å². The maximum atomic E-state index is 11.9. The van der Waals surface area contributed by atoms with Crippen molar-refractivity contribution in [2.75, 3.05) is 11.9 Å². The third-order valence-electron chi connectivity index (χ3n) is 3.64. The van der Waals surface area contributed by atoms with E-state index in [1.807, 2.05) is 0 Å². The maximum Gasteiger partial charge on any atom is 0.319 e. The summed E-state index contributed by atoms with van der Waals surface area (Å²) in [4.78, 5) is 11.9. The van der Waals surface area contributed by atoms with Gasteiger partial charge in [-0.15, -0.1) is 0 Å². The van der Waals surface area contributed by atoms with E-state index in [0.29, 0.717) is 17.5 Å². The van der Waals surface area contributed by atoms with Crippen molar-refractivity contribution < 1.29 is 4.79 Å². The van der Waals surface area contributed by atoms with Gasteiger partial charge >= 0.3 is 6.03 Å². The van der Waals surface area contributed by atoms with Gasteiger partial charge in [0, 0.05) is 23.3 Å². The van der Waals surface area contributed by atoms with Crippen LogP contribution in [0.2, 0.25) is 5.02 Å². The van der Waals surface area contributed by atoms with Crippen molar-refractivity contribution in [1.29, 1.82) is 0 Å². The van der Waals surface area contributed by atoms with Crippen LogP contribution in [-0.4, -0.2) is 18.6 Å². The molecule has 1 aromatic rings. The van der Waals surface area contributed by atoms with Crippen LogP contribution in [0, 0.1) is 5.92 Å². The Morgan fingerprint density at radius 3 is 2.53 bits per heavy atom. The molecule has 1 unspecified atom stereocenters. The molecule has 1 aliphatic rings. The number of benzene rings is 1. The standard InChI is InChI=1S/C14H20ClN3O/c15-11-5-7-12(8-6-11)17-14(19)18-13(9-16)10-3-1-2-4-10/h5-8,10,13H,1-4,9,16H2,(H2,17,18,19). The number of hydrogen-bond donors (Lipinski definition) is 3. The largest absolute Gasteiger partial charge is 0.334 e. The number of carbonyl (C=O) groups is 1. The SMILES string of the molecule is NCC(NC(=O)Nc1ccc(Cl)cc1)C1CCCC1. The Balaban J connectivity index is 1.87. The molecule has 2 rings (SSSR count).